The van der Waals surface area contributed by atoms with Gasteiger partial charge in [-0.1, -0.05) is 0 Å². The van der Waals surface area contributed by atoms with Gasteiger partial charge in [-0.25, -0.2) is 4.79 Å². The minimum Gasteiger partial charge on any atom is -0.478 e. The van der Waals surface area contributed by atoms with Gasteiger partial charge in [-0.3, -0.25) is 4.79 Å². The fraction of sp³-hybridized carbons (Fsp3) is 0.250. The number of hydrogen-bond donors (Lipinski definition) is 2. The molecule has 0 aromatic carbocycles. The highest BCUT2D eigenvalue weighted by molar-refractivity contribution is 5.93. The Morgan fingerprint density at radius 3 is 2.69 bits per heavy atom. The van der Waals surface area contributed by atoms with E-state index in [1.165, 1.54) is 23.9 Å². The predicted molar refractivity (Wildman–Crippen MR) is 48.2 cm³/mol. The maximum absolute atomic E-state index is 11.1. The summed E-state index contributed by atoms with van der Waals surface area (Å²) < 4.78 is 1.23. The van der Waals surface area contributed by atoms with Gasteiger partial charge in [0, 0.05) is 26.4 Å². The zero-order valence-corrected chi connectivity index (χ0v) is 7.37. The lowest BCUT2D eigenvalue weighted by Crippen LogP contribution is -2.18. The highest BCUT2D eigenvalue weighted by Gasteiger charge is 2.10. The molecule has 0 bridgehead atoms. The lowest BCUT2D eigenvalue weighted by Gasteiger charge is -2.06. The first-order valence-corrected chi connectivity index (χ1v) is 3.68. The standard InChI is InChI=1S/C8H10N2O3/c1-9-6-3-7(11)10(2)4-5(6)8(12)13/h3-4,9H,1-2H3,(H,12,13). The maximum Gasteiger partial charge on any atom is 0.339 e. The van der Waals surface area contributed by atoms with Gasteiger partial charge in [0.2, 0.25) is 0 Å². The van der Waals surface area contributed by atoms with Crippen molar-refractivity contribution in [1.29, 1.82) is 0 Å². The first-order valence-electron chi connectivity index (χ1n) is 3.68. The monoisotopic (exact) mass is 182 g/mol. The number of nitrogens with zero attached hydrogens (tertiary/aromatic N) is 1. The predicted octanol–water partition coefficient (Wildman–Crippen LogP) is 0.125. The Kier molecular flexibility index (Phi) is 2.36. The molecule has 70 valence electrons. The molecular weight excluding hydrogens is 172 g/mol. The molecule has 2 N–H and O–H groups in total. The van der Waals surface area contributed by atoms with E-state index in [4.69, 9.17) is 5.11 Å². The van der Waals surface area contributed by atoms with Crippen LogP contribution >= 0.6 is 0 Å². The number of nitrogens with one attached hydrogen (secondary N) is 1. The molecule has 1 rings (SSSR count). The van der Waals surface area contributed by atoms with E-state index in [0.717, 1.165) is 0 Å². The van der Waals surface area contributed by atoms with Crippen molar-refractivity contribution in [3.05, 3.63) is 28.2 Å². The van der Waals surface area contributed by atoms with Crippen LogP contribution in [0.5, 0.6) is 0 Å². The zero-order valence-electron chi connectivity index (χ0n) is 7.37. The minimum absolute atomic E-state index is 0.0876. The molecule has 0 fully saturated rings. The van der Waals surface area contributed by atoms with E-state index in [9.17, 15) is 9.59 Å². The summed E-state index contributed by atoms with van der Waals surface area (Å²) >= 11 is 0. The van der Waals surface area contributed by atoms with E-state index in [1.54, 1.807) is 7.05 Å². The highest BCUT2D eigenvalue weighted by atomic mass is 16.4. The first-order chi connectivity index (χ1) is 6.06. The molecule has 0 saturated heterocycles. The molecule has 0 aliphatic heterocycles. The van der Waals surface area contributed by atoms with Crippen molar-refractivity contribution < 1.29 is 9.90 Å². The molecule has 0 aliphatic carbocycles. The summed E-state index contributed by atoms with van der Waals surface area (Å²) in [6.45, 7) is 0. The second-order valence-corrected chi connectivity index (χ2v) is 2.61. The largest absolute Gasteiger partial charge is 0.478 e. The van der Waals surface area contributed by atoms with Crippen LogP contribution in [0.25, 0.3) is 0 Å². The number of carboxylic acid groups (broad SMARTS) is 1. The fourth-order valence-electron chi connectivity index (χ4n) is 1.01. The molecule has 0 atom stereocenters. The first kappa shape index (κ1) is 9.31. The van der Waals surface area contributed by atoms with Gasteiger partial charge in [-0.05, 0) is 0 Å². The van der Waals surface area contributed by atoms with Crippen LogP contribution < -0.4 is 10.9 Å². The molecule has 1 aromatic heterocycles. The quantitative estimate of drug-likeness (QED) is 0.681. The van der Waals surface area contributed by atoms with Crippen LogP contribution in [-0.4, -0.2) is 22.7 Å². The van der Waals surface area contributed by atoms with Gasteiger partial charge in [0.25, 0.3) is 5.56 Å². The van der Waals surface area contributed by atoms with Crippen LogP contribution in [0.2, 0.25) is 0 Å². The highest BCUT2D eigenvalue weighted by Crippen LogP contribution is 2.10. The van der Waals surface area contributed by atoms with Crippen LogP contribution in [0.4, 0.5) is 5.69 Å². The molecule has 0 aliphatic rings. The van der Waals surface area contributed by atoms with E-state index >= 15 is 0 Å². The van der Waals surface area contributed by atoms with E-state index in [0.29, 0.717) is 5.69 Å². The van der Waals surface area contributed by atoms with Crippen molar-refractivity contribution in [3.63, 3.8) is 0 Å². The average molecular weight is 182 g/mol. The number of carboxylic acids is 1. The maximum atomic E-state index is 11.1. The van der Waals surface area contributed by atoms with Gasteiger partial charge >= 0.3 is 5.97 Å². The summed E-state index contributed by atoms with van der Waals surface area (Å²) in [6, 6.07) is 1.25. The number of hydrogen-bond acceptors (Lipinski definition) is 3. The Hall–Kier alpha value is -1.78. The Morgan fingerprint density at radius 2 is 2.23 bits per heavy atom. The van der Waals surface area contributed by atoms with Gasteiger partial charge in [0.15, 0.2) is 0 Å². The molecule has 0 spiro atoms. The Bertz CT molecular complexity index is 395. The number of rotatable bonds is 2. The number of pyridine rings is 1. The van der Waals surface area contributed by atoms with Crippen molar-refractivity contribution in [2.24, 2.45) is 7.05 Å². The summed E-state index contributed by atoms with van der Waals surface area (Å²) in [7, 11) is 3.08. The molecular formula is C8H10N2O3. The van der Waals surface area contributed by atoms with Gasteiger partial charge in [0.1, 0.15) is 0 Å². The third-order valence-corrected chi connectivity index (χ3v) is 1.73. The molecule has 0 amide bonds. The normalized spacial score (nSPS) is 9.69. The van der Waals surface area contributed by atoms with Crippen molar-refractivity contribution >= 4 is 11.7 Å². The molecule has 0 radical (unpaired) electrons. The van der Waals surface area contributed by atoms with Gasteiger partial charge in [0.05, 0.1) is 11.3 Å². The number of aromatic carboxylic acids is 1. The van der Waals surface area contributed by atoms with E-state index in [-0.39, 0.29) is 11.1 Å². The van der Waals surface area contributed by atoms with Gasteiger partial charge in [-0.15, -0.1) is 0 Å². The van der Waals surface area contributed by atoms with E-state index in [1.807, 2.05) is 0 Å². The van der Waals surface area contributed by atoms with Gasteiger partial charge < -0.3 is 15.0 Å². The molecule has 1 aromatic rings. The fourth-order valence-corrected chi connectivity index (χ4v) is 1.01. The van der Waals surface area contributed by atoms with Crippen LogP contribution in [0.1, 0.15) is 10.4 Å². The summed E-state index contributed by atoms with van der Waals surface area (Å²) in [5.74, 6) is -1.06. The van der Waals surface area contributed by atoms with Crippen molar-refractivity contribution in [2.45, 2.75) is 0 Å². The van der Waals surface area contributed by atoms with Crippen molar-refractivity contribution in [2.75, 3.05) is 12.4 Å². The Labute approximate surface area is 74.6 Å². The Balaban J connectivity index is 3.42. The third kappa shape index (κ3) is 1.69. The lowest BCUT2D eigenvalue weighted by molar-refractivity contribution is 0.0697. The average Bonchev–Trinajstić information content (AvgIpc) is 2.08. The third-order valence-electron chi connectivity index (χ3n) is 1.73. The Morgan fingerprint density at radius 1 is 1.62 bits per heavy atom. The van der Waals surface area contributed by atoms with Crippen LogP contribution in [0, 0.1) is 0 Å². The van der Waals surface area contributed by atoms with Crippen LogP contribution in [0.3, 0.4) is 0 Å². The zero-order chi connectivity index (χ0) is 10.0. The molecule has 0 saturated carbocycles. The second kappa shape index (κ2) is 3.30. The summed E-state index contributed by atoms with van der Waals surface area (Å²) in [5, 5.41) is 11.4. The minimum atomic E-state index is -1.06. The van der Waals surface area contributed by atoms with Crippen molar-refractivity contribution in [3.8, 4) is 0 Å². The smallest absolute Gasteiger partial charge is 0.339 e. The van der Waals surface area contributed by atoms with Gasteiger partial charge in [-0.2, -0.15) is 0 Å². The van der Waals surface area contributed by atoms with E-state index in [2.05, 4.69) is 5.32 Å². The van der Waals surface area contributed by atoms with Crippen molar-refractivity contribution in [1.82, 2.24) is 4.57 Å². The lowest BCUT2D eigenvalue weighted by atomic mass is 10.2. The molecule has 13 heavy (non-hydrogen) atoms. The van der Waals surface area contributed by atoms with E-state index < -0.39 is 5.97 Å². The summed E-state index contributed by atoms with van der Waals surface area (Å²) in [6.07, 6.45) is 1.29. The summed E-state index contributed by atoms with van der Waals surface area (Å²) in [5.41, 5.74) is 0.176. The second-order valence-electron chi connectivity index (χ2n) is 2.61. The number of aromatic nitrogens is 1. The molecule has 1 heterocycles. The molecule has 5 nitrogen and oxygen atoms in total. The summed E-state index contributed by atoms with van der Waals surface area (Å²) in [4.78, 5) is 21.8. The molecule has 0 unspecified atom stereocenters. The van der Waals surface area contributed by atoms with Crippen LogP contribution in [-0.2, 0) is 7.05 Å². The van der Waals surface area contributed by atoms with Crippen LogP contribution in [0.15, 0.2) is 17.1 Å². The number of aryl methyl sites for hydroxylation is 1. The number of anilines is 1. The topological polar surface area (TPSA) is 71.3 Å². The molecule has 5 heteroatoms. The number of carbonyl (C=O) groups is 1. The SMILES string of the molecule is CNc1cc(=O)n(C)cc1C(=O)O.